The molecule has 1 aliphatic rings. The maximum Gasteiger partial charge on any atom is 0.353 e. The first-order valence-electron chi connectivity index (χ1n) is 10.1. The molecule has 1 saturated heterocycles. The molecule has 1 aliphatic heterocycles. The van der Waals surface area contributed by atoms with E-state index in [1.165, 1.54) is 11.9 Å². The third kappa shape index (κ3) is 6.10. The molecule has 2 N–H and O–H groups in total. The molecule has 0 spiro atoms. The average molecular weight is 400 g/mol. The zero-order valence-electron chi connectivity index (χ0n) is 16.8. The number of benzene rings is 1. The van der Waals surface area contributed by atoms with Gasteiger partial charge in [-0.1, -0.05) is 25.5 Å². The van der Waals surface area contributed by atoms with Crippen LogP contribution in [0.15, 0.2) is 30.6 Å². The van der Waals surface area contributed by atoms with Crippen LogP contribution in [0.1, 0.15) is 25.3 Å². The van der Waals surface area contributed by atoms with Crippen molar-refractivity contribution < 1.29 is 9.66 Å². The van der Waals surface area contributed by atoms with Crippen molar-refractivity contribution in [1.82, 2.24) is 14.9 Å². The molecule has 9 heteroatoms. The van der Waals surface area contributed by atoms with E-state index < -0.39 is 4.92 Å². The summed E-state index contributed by atoms with van der Waals surface area (Å²) in [5.74, 6) is 0.403. The van der Waals surface area contributed by atoms with Gasteiger partial charge in [-0.3, -0.25) is 15.0 Å². The predicted octanol–water partition coefficient (Wildman–Crippen LogP) is 3.22. The highest BCUT2D eigenvalue weighted by Crippen LogP contribution is 2.31. The summed E-state index contributed by atoms with van der Waals surface area (Å²) in [6.07, 6.45) is 4.65. The molecule has 29 heavy (non-hydrogen) atoms. The lowest BCUT2D eigenvalue weighted by atomic mass is 10.1. The van der Waals surface area contributed by atoms with Gasteiger partial charge in [0.1, 0.15) is 6.33 Å². The highest BCUT2D eigenvalue weighted by Gasteiger charge is 2.23. The number of rotatable bonds is 10. The monoisotopic (exact) mass is 400 g/mol. The van der Waals surface area contributed by atoms with Gasteiger partial charge in [0.2, 0.25) is 11.6 Å². The Morgan fingerprint density at radius 1 is 1.17 bits per heavy atom. The van der Waals surface area contributed by atoms with E-state index in [0.29, 0.717) is 6.54 Å². The minimum absolute atomic E-state index is 0.149. The van der Waals surface area contributed by atoms with Crippen molar-refractivity contribution in [2.24, 2.45) is 0 Å². The van der Waals surface area contributed by atoms with Crippen LogP contribution in [0.4, 0.5) is 23.0 Å². The molecular weight excluding hydrogens is 372 g/mol. The van der Waals surface area contributed by atoms with Crippen molar-refractivity contribution >= 4 is 23.0 Å². The van der Waals surface area contributed by atoms with Crippen LogP contribution >= 0.6 is 0 Å². The molecule has 0 bridgehead atoms. The number of nitrogens with one attached hydrogen (secondary N) is 2. The van der Waals surface area contributed by atoms with Crippen LogP contribution in [-0.4, -0.2) is 59.2 Å². The second kappa shape index (κ2) is 10.7. The number of hydrogen-bond acceptors (Lipinski definition) is 8. The Morgan fingerprint density at radius 3 is 2.59 bits per heavy atom. The summed E-state index contributed by atoms with van der Waals surface area (Å²) in [6.45, 7) is 6.67. The standard InChI is InChI=1S/C20H28N6O3/c1-2-3-4-16-5-7-17(8-6-16)24-20-18(26(27)28)19(22-15-23-20)21-9-10-25-11-13-29-14-12-25/h5-8,15H,2-4,9-14H2,1H3,(H2,21,22,23,24). The fraction of sp³-hybridized carbons (Fsp3) is 0.500. The molecule has 156 valence electrons. The van der Waals surface area contributed by atoms with E-state index in [2.05, 4.69) is 32.4 Å². The van der Waals surface area contributed by atoms with Crippen molar-refractivity contribution in [3.05, 3.63) is 46.3 Å². The Balaban J connectivity index is 1.66. The smallest absolute Gasteiger partial charge is 0.353 e. The topological polar surface area (TPSA) is 105 Å². The highest BCUT2D eigenvalue weighted by atomic mass is 16.6. The second-order valence-corrected chi connectivity index (χ2v) is 6.98. The fourth-order valence-electron chi connectivity index (χ4n) is 3.20. The van der Waals surface area contributed by atoms with Gasteiger partial charge in [-0.15, -0.1) is 0 Å². The first-order chi connectivity index (χ1) is 14.2. The van der Waals surface area contributed by atoms with Gasteiger partial charge in [0.05, 0.1) is 18.1 Å². The van der Waals surface area contributed by atoms with E-state index in [-0.39, 0.29) is 17.3 Å². The summed E-state index contributed by atoms with van der Waals surface area (Å²) in [5.41, 5.74) is 1.86. The third-order valence-electron chi connectivity index (χ3n) is 4.86. The molecule has 0 saturated carbocycles. The van der Waals surface area contributed by atoms with Crippen molar-refractivity contribution in [2.45, 2.75) is 26.2 Å². The number of anilines is 3. The number of aromatic nitrogens is 2. The predicted molar refractivity (Wildman–Crippen MR) is 113 cm³/mol. The number of aryl methyl sites for hydroxylation is 1. The Bertz CT molecular complexity index is 793. The summed E-state index contributed by atoms with van der Waals surface area (Å²) in [4.78, 5) is 21.7. The third-order valence-corrected chi connectivity index (χ3v) is 4.86. The number of nitro groups is 1. The zero-order chi connectivity index (χ0) is 20.5. The van der Waals surface area contributed by atoms with Crippen LogP contribution in [0.2, 0.25) is 0 Å². The van der Waals surface area contributed by atoms with Gasteiger partial charge < -0.3 is 15.4 Å². The van der Waals surface area contributed by atoms with Crippen LogP contribution in [0.25, 0.3) is 0 Å². The Hall–Kier alpha value is -2.78. The summed E-state index contributed by atoms with van der Waals surface area (Å²) in [5, 5.41) is 17.8. The van der Waals surface area contributed by atoms with E-state index >= 15 is 0 Å². The molecule has 1 fully saturated rings. The van der Waals surface area contributed by atoms with Gasteiger partial charge in [0, 0.05) is 31.9 Å². The zero-order valence-corrected chi connectivity index (χ0v) is 16.8. The molecule has 0 radical (unpaired) electrons. The van der Waals surface area contributed by atoms with Crippen LogP contribution in [-0.2, 0) is 11.2 Å². The normalized spacial score (nSPS) is 14.5. The quantitative estimate of drug-likeness (QED) is 0.463. The van der Waals surface area contributed by atoms with Crippen molar-refractivity contribution in [1.29, 1.82) is 0 Å². The first kappa shape index (κ1) is 20.9. The van der Waals surface area contributed by atoms with Crippen molar-refractivity contribution in [3.63, 3.8) is 0 Å². The van der Waals surface area contributed by atoms with Gasteiger partial charge in [-0.2, -0.15) is 0 Å². The Morgan fingerprint density at radius 2 is 1.90 bits per heavy atom. The number of ether oxygens (including phenoxy) is 1. The van der Waals surface area contributed by atoms with E-state index in [1.54, 1.807) is 0 Å². The van der Waals surface area contributed by atoms with E-state index in [1.807, 2.05) is 24.3 Å². The summed E-state index contributed by atoms with van der Waals surface area (Å²) in [6, 6.07) is 7.91. The summed E-state index contributed by atoms with van der Waals surface area (Å²) < 4.78 is 5.33. The number of nitrogens with zero attached hydrogens (tertiary/aromatic N) is 4. The molecule has 0 aliphatic carbocycles. The van der Waals surface area contributed by atoms with Crippen LogP contribution < -0.4 is 10.6 Å². The average Bonchev–Trinajstić information content (AvgIpc) is 2.74. The maximum absolute atomic E-state index is 11.7. The Kier molecular flexibility index (Phi) is 7.71. The van der Waals surface area contributed by atoms with Gasteiger partial charge in [-0.05, 0) is 30.5 Å². The van der Waals surface area contributed by atoms with Crippen LogP contribution in [0.5, 0.6) is 0 Å². The van der Waals surface area contributed by atoms with Gasteiger partial charge >= 0.3 is 5.69 Å². The molecule has 0 atom stereocenters. The number of morpholine rings is 1. The minimum Gasteiger partial charge on any atom is -0.379 e. The van der Waals surface area contributed by atoms with Crippen LogP contribution in [0.3, 0.4) is 0 Å². The maximum atomic E-state index is 11.7. The highest BCUT2D eigenvalue weighted by molar-refractivity contribution is 5.73. The molecule has 1 aromatic heterocycles. The lowest BCUT2D eigenvalue weighted by molar-refractivity contribution is -0.383. The summed E-state index contributed by atoms with van der Waals surface area (Å²) >= 11 is 0. The second-order valence-electron chi connectivity index (χ2n) is 6.98. The molecule has 9 nitrogen and oxygen atoms in total. The van der Waals surface area contributed by atoms with Gasteiger partial charge in [0.15, 0.2) is 0 Å². The molecule has 2 aromatic rings. The van der Waals surface area contributed by atoms with Crippen molar-refractivity contribution in [2.75, 3.05) is 50.0 Å². The fourth-order valence-corrected chi connectivity index (χ4v) is 3.20. The SMILES string of the molecule is CCCCc1ccc(Nc2ncnc(NCCN3CCOCC3)c2[N+](=O)[O-])cc1. The number of unbranched alkanes of at least 4 members (excludes halogenated alkanes) is 1. The Labute approximate surface area is 170 Å². The van der Waals surface area contributed by atoms with E-state index in [9.17, 15) is 10.1 Å². The molecular formula is C20H28N6O3. The van der Waals surface area contributed by atoms with E-state index in [4.69, 9.17) is 4.74 Å². The van der Waals surface area contributed by atoms with Gasteiger partial charge in [-0.25, -0.2) is 9.97 Å². The first-order valence-corrected chi connectivity index (χ1v) is 10.1. The van der Waals surface area contributed by atoms with E-state index in [0.717, 1.165) is 57.8 Å². The number of hydrogen-bond donors (Lipinski definition) is 2. The molecule has 0 unspecified atom stereocenters. The molecule has 1 aromatic carbocycles. The molecule has 3 rings (SSSR count). The van der Waals surface area contributed by atoms with Crippen molar-refractivity contribution in [3.8, 4) is 0 Å². The largest absolute Gasteiger partial charge is 0.379 e. The molecule has 2 heterocycles. The lowest BCUT2D eigenvalue weighted by Crippen LogP contribution is -2.39. The lowest BCUT2D eigenvalue weighted by Gasteiger charge is -2.26. The van der Waals surface area contributed by atoms with Gasteiger partial charge in [0.25, 0.3) is 0 Å². The summed E-state index contributed by atoms with van der Waals surface area (Å²) in [7, 11) is 0. The minimum atomic E-state index is -0.449. The van der Waals surface area contributed by atoms with Crippen LogP contribution in [0, 0.1) is 10.1 Å². The molecule has 0 amide bonds.